The molecule has 1 aliphatic rings. The van der Waals surface area contributed by atoms with Crippen LogP contribution in [0.4, 0.5) is 5.69 Å². The molecule has 1 fully saturated rings. The molecule has 4 heteroatoms. The second-order valence-corrected chi connectivity index (χ2v) is 5.55. The fourth-order valence-electron chi connectivity index (χ4n) is 2.39. The number of hydrogen-bond acceptors (Lipinski definition) is 2. The summed E-state index contributed by atoms with van der Waals surface area (Å²) in [7, 11) is 0. The molecule has 1 amide bonds. The number of nitrogens with zero attached hydrogens (tertiary/aromatic N) is 2. The highest BCUT2D eigenvalue weighted by molar-refractivity contribution is 9.10. The molecule has 1 saturated heterocycles. The van der Waals surface area contributed by atoms with Gasteiger partial charge in [-0.25, -0.2) is 0 Å². The van der Waals surface area contributed by atoms with Crippen LogP contribution in [0.25, 0.3) is 10.9 Å². The summed E-state index contributed by atoms with van der Waals surface area (Å²) >= 11 is 3.45. The first kappa shape index (κ1) is 11.7. The molecular weight excluding hydrogens is 292 g/mol. The number of amides is 1. The first-order valence-corrected chi connectivity index (χ1v) is 6.98. The smallest absolute Gasteiger partial charge is 0.240 e. The van der Waals surface area contributed by atoms with E-state index in [1.54, 1.807) is 6.20 Å². The van der Waals surface area contributed by atoms with Gasteiger partial charge in [-0.2, -0.15) is 0 Å². The standard InChI is InChI=1S/C14H13BrN2O/c15-11-5-3-9-17(14(11)18)13-7-1-6-12-10(13)4-2-8-16-12/h1-2,4,6-8,11H,3,5,9H2. The van der Waals surface area contributed by atoms with Crippen molar-refractivity contribution in [3.63, 3.8) is 0 Å². The minimum atomic E-state index is -0.0572. The topological polar surface area (TPSA) is 33.2 Å². The number of carbonyl (C=O) groups excluding carboxylic acids is 1. The minimum absolute atomic E-state index is 0.0572. The molecule has 18 heavy (non-hydrogen) atoms. The molecule has 1 unspecified atom stereocenters. The normalized spacial score (nSPS) is 20.4. The van der Waals surface area contributed by atoms with Crippen LogP contribution in [0.15, 0.2) is 36.5 Å². The van der Waals surface area contributed by atoms with E-state index in [2.05, 4.69) is 20.9 Å². The zero-order valence-electron chi connectivity index (χ0n) is 9.84. The third-order valence-electron chi connectivity index (χ3n) is 3.29. The van der Waals surface area contributed by atoms with Crippen LogP contribution in [0.3, 0.4) is 0 Å². The zero-order chi connectivity index (χ0) is 12.5. The van der Waals surface area contributed by atoms with Gasteiger partial charge in [0.05, 0.1) is 16.0 Å². The Kier molecular flexibility index (Phi) is 3.04. The lowest BCUT2D eigenvalue weighted by atomic mass is 10.1. The number of halogens is 1. The molecular formula is C14H13BrN2O. The maximum Gasteiger partial charge on any atom is 0.240 e. The van der Waals surface area contributed by atoms with Crippen molar-refractivity contribution in [1.82, 2.24) is 4.98 Å². The highest BCUT2D eigenvalue weighted by Gasteiger charge is 2.28. The second kappa shape index (κ2) is 4.69. The number of hydrogen-bond donors (Lipinski definition) is 0. The number of pyridine rings is 1. The van der Waals surface area contributed by atoms with Crippen LogP contribution < -0.4 is 4.90 Å². The van der Waals surface area contributed by atoms with E-state index in [9.17, 15) is 4.79 Å². The number of anilines is 1. The summed E-state index contributed by atoms with van der Waals surface area (Å²) in [6.07, 6.45) is 3.72. The van der Waals surface area contributed by atoms with E-state index < -0.39 is 0 Å². The van der Waals surface area contributed by atoms with E-state index >= 15 is 0 Å². The average Bonchev–Trinajstić information content (AvgIpc) is 2.41. The monoisotopic (exact) mass is 304 g/mol. The molecule has 1 aromatic heterocycles. The number of piperidine rings is 1. The van der Waals surface area contributed by atoms with E-state index in [1.165, 1.54) is 0 Å². The molecule has 0 radical (unpaired) electrons. The van der Waals surface area contributed by atoms with Crippen LogP contribution in [0.1, 0.15) is 12.8 Å². The van der Waals surface area contributed by atoms with Crippen LogP contribution in [0.5, 0.6) is 0 Å². The predicted molar refractivity (Wildman–Crippen MR) is 76.0 cm³/mol. The maximum atomic E-state index is 12.2. The van der Waals surface area contributed by atoms with Crippen molar-refractivity contribution in [2.45, 2.75) is 17.7 Å². The highest BCUT2D eigenvalue weighted by Crippen LogP contribution is 2.30. The fourth-order valence-corrected chi connectivity index (χ4v) is 2.96. The first-order chi connectivity index (χ1) is 8.77. The van der Waals surface area contributed by atoms with Gasteiger partial charge in [0.2, 0.25) is 5.91 Å². The second-order valence-electron chi connectivity index (χ2n) is 4.45. The fraction of sp³-hybridized carbons (Fsp3) is 0.286. The molecule has 0 N–H and O–H groups in total. The van der Waals surface area contributed by atoms with Gasteiger partial charge >= 0.3 is 0 Å². The van der Waals surface area contributed by atoms with Gasteiger partial charge in [-0.3, -0.25) is 9.78 Å². The molecule has 0 spiro atoms. The van der Waals surface area contributed by atoms with E-state index in [1.807, 2.05) is 35.2 Å². The van der Waals surface area contributed by atoms with E-state index in [0.29, 0.717) is 0 Å². The van der Waals surface area contributed by atoms with Gasteiger partial charge in [-0.15, -0.1) is 0 Å². The predicted octanol–water partition coefficient (Wildman–Crippen LogP) is 3.13. The minimum Gasteiger partial charge on any atom is -0.311 e. The van der Waals surface area contributed by atoms with Crippen molar-refractivity contribution >= 4 is 38.4 Å². The Morgan fingerprint density at radius 2 is 2.17 bits per heavy atom. The molecule has 92 valence electrons. The number of fused-ring (bicyclic) bond motifs is 1. The summed E-state index contributed by atoms with van der Waals surface area (Å²) in [5, 5.41) is 1.04. The van der Waals surface area contributed by atoms with Crippen molar-refractivity contribution in [3.8, 4) is 0 Å². The molecule has 1 atom stereocenters. The summed E-state index contributed by atoms with van der Waals surface area (Å²) < 4.78 is 0. The Labute approximate surface area is 114 Å². The Bertz CT molecular complexity index is 594. The first-order valence-electron chi connectivity index (χ1n) is 6.06. The molecule has 3 rings (SSSR count). The van der Waals surface area contributed by atoms with Crippen molar-refractivity contribution in [2.75, 3.05) is 11.4 Å². The number of alkyl halides is 1. The zero-order valence-corrected chi connectivity index (χ0v) is 11.4. The van der Waals surface area contributed by atoms with Gasteiger partial charge in [0.15, 0.2) is 0 Å². The van der Waals surface area contributed by atoms with Crippen molar-refractivity contribution in [2.24, 2.45) is 0 Å². The molecule has 3 nitrogen and oxygen atoms in total. The number of carbonyl (C=O) groups is 1. The van der Waals surface area contributed by atoms with E-state index in [4.69, 9.17) is 0 Å². The number of benzene rings is 1. The van der Waals surface area contributed by atoms with Gasteiger partial charge in [0.1, 0.15) is 0 Å². The third kappa shape index (κ3) is 1.90. The maximum absolute atomic E-state index is 12.2. The Balaban J connectivity index is 2.11. The SMILES string of the molecule is O=C1C(Br)CCCN1c1cccc2ncccc12. The molecule has 0 bridgehead atoms. The molecule has 1 aromatic carbocycles. The molecule has 2 heterocycles. The van der Waals surface area contributed by atoms with Gasteiger partial charge < -0.3 is 4.90 Å². The van der Waals surface area contributed by atoms with Gasteiger partial charge in [-0.05, 0) is 37.1 Å². The Hall–Kier alpha value is -1.42. The van der Waals surface area contributed by atoms with Crippen LogP contribution in [0.2, 0.25) is 0 Å². The van der Waals surface area contributed by atoms with Gasteiger partial charge in [0, 0.05) is 18.1 Å². The lowest BCUT2D eigenvalue weighted by molar-refractivity contribution is -0.118. The van der Waals surface area contributed by atoms with Gasteiger partial charge in [-0.1, -0.05) is 22.0 Å². The van der Waals surface area contributed by atoms with Crippen LogP contribution >= 0.6 is 15.9 Å². The van der Waals surface area contributed by atoms with Crippen LogP contribution in [-0.4, -0.2) is 22.3 Å². The summed E-state index contributed by atoms with van der Waals surface area (Å²) in [6, 6.07) is 9.84. The Morgan fingerprint density at radius 1 is 1.28 bits per heavy atom. The summed E-state index contributed by atoms with van der Waals surface area (Å²) in [5.41, 5.74) is 1.90. The largest absolute Gasteiger partial charge is 0.311 e. The quantitative estimate of drug-likeness (QED) is 0.758. The van der Waals surface area contributed by atoms with E-state index in [0.717, 1.165) is 36.0 Å². The molecule has 2 aromatic rings. The molecule has 1 aliphatic heterocycles. The van der Waals surface area contributed by atoms with E-state index in [-0.39, 0.29) is 10.7 Å². The average molecular weight is 305 g/mol. The summed E-state index contributed by atoms with van der Waals surface area (Å²) in [5.74, 6) is 0.151. The number of rotatable bonds is 1. The summed E-state index contributed by atoms with van der Waals surface area (Å²) in [4.78, 5) is 18.4. The number of aromatic nitrogens is 1. The van der Waals surface area contributed by atoms with Crippen molar-refractivity contribution < 1.29 is 4.79 Å². The molecule has 0 saturated carbocycles. The highest BCUT2D eigenvalue weighted by atomic mass is 79.9. The Morgan fingerprint density at radius 3 is 3.06 bits per heavy atom. The van der Waals surface area contributed by atoms with Crippen LogP contribution in [-0.2, 0) is 4.79 Å². The third-order valence-corrected chi connectivity index (χ3v) is 4.14. The van der Waals surface area contributed by atoms with Crippen molar-refractivity contribution in [3.05, 3.63) is 36.5 Å². The van der Waals surface area contributed by atoms with Crippen molar-refractivity contribution in [1.29, 1.82) is 0 Å². The molecule has 0 aliphatic carbocycles. The van der Waals surface area contributed by atoms with Gasteiger partial charge in [0.25, 0.3) is 0 Å². The summed E-state index contributed by atoms with van der Waals surface area (Å²) in [6.45, 7) is 0.787. The van der Waals surface area contributed by atoms with Crippen LogP contribution in [0, 0.1) is 0 Å². The lowest BCUT2D eigenvalue weighted by Gasteiger charge is -2.30. The lowest BCUT2D eigenvalue weighted by Crippen LogP contribution is -2.41.